The average molecular weight is 233 g/mol. The van der Waals surface area contributed by atoms with Crippen molar-refractivity contribution in [1.82, 2.24) is 5.32 Å². The van der Waals surface area contributed by atoms with Gasteiger partial charge in [-0.2, -0.15) is 0 Å². The van der Waals surface area contributed by atoms with E-state index in [0.29, 0.717) is 23.3 Å². The van der Waals surface area contributed by atoms with E-state index in [-0.39, 0.29) is 5.91 Å². The molecule has 0 bridgehead atoms. The minimum Gasteiger partial charge on any atom is -0.457 e. The van der Waals surface area contributed by atoms with Gasteiger partial charge < -0.3 is 15.5 Å². The van der Waals surface area contributed by atoms with Crippen LogP contribution in [-0.4, -0.2) is 19.0 Å². The van der Waals surface area contributed by atoms with Gasteiger partial charge in [-0.15, -0.1) is 0 Å². The molecule has 0 spiro atoms. The van der Waals surface area contributed by atoms with Crippen molar-refractivity contribution in [2.75, 3.05) is 13.1 Å². The van der Waals surface area contributed by atoms with E-state index in [0.717, 1.165) is 0 Å². The third-order valence-electron chi connectivity index (χ3n) is 1.29. The summed E-state index contributed by atoms with van der Waals surface area (Å²) >= 11 is 3.10. The highest BCUT2D eigenvalue weighted by molar-refractivity contribution is 9.10. The molecule has 4 nitrogen and oxygen atoms in total. The van der Waals surface area contributed by atoms with Crippen molar-refractivity contribution in [1.29, 1.82) is 0 Å². The molecule has 0 aliphatic heterocycles. The van der Waals surface area contributed by atoms with Crippen LogP contribution in [0.15, 0.2) is 21.4 Å². The molecule has 1 aromatic rings. The van der Waals surface area contributed by atoms with Gasteiger partial charge in [0.05, 0.1) is 11.8 Å². The summed E-state index contributed by atoms with van der Waals surface area (Å²) in [6.45, 7) is 0.900. The number of nitrogens with one attached hydrogen (secondary N) is 1. The Morgan fingerprint density at radius 1 is 1.75 bits per heavy atom. The molecule has 66 valence electrons. The van der Waals surface area contributed by atoms with Crippen LogP contribution >= 0.6 is 15.9 Å². The van der Waals surface area contributed by atoms with E-state index in [4.69, 9.17) is 10.2 Å². The van der Waals surface area contributed by atoms with Gasteiger partial charge in [0.25, 0.3) is 5.91 Å². The number of rotatable bonds is 3. The predicted molar refractivity (Wildman–Crippen MR) is 47.8 cm³/mol. The van der Waals surface area contributed by atoms with Crippen molar-refractivity contribution >= 4 is 21.8 Å². The van der Waals surface area contributed by atoms with E-state index in [1.807, 2.05) is 0 Å². The van der Waals surface area contributed by atoms with Gasteiger partial charge in [-0.1, -0.05) is 0 Å². The number of nitrogens with two attached hydrogens (primary N) is 1. The Morgan fingerprint density at radius 2 is 2.50 bits per heavy atom. The fourth-order valence-electron chi connectivity index (χ4n) is 0.737. The molecule has 0 fully saturated rings. The standard InChI is InChI=1S/C7H9BrN2O2/c8-6-5(1-4-12-6)7(11)10-3-2-9/h1,4H,2-3,9H2,(H,10,11). The number of carbonyl (C=O) groups excluding carboxylic acids is 1. The monoisotopic (exact) mass is 232 g/mol. The normalized spacial score (nSPS) is 9.83. The van der Waals surface area contributed by atoms with Gasteiger partial charge >= 0.3 is 0 Å². The van der Waals surface area contributed by atoms with Crippen LogP contribution in [0.5, 0.6) is 0 Å². The molecule has 0 aliphatic carbocycles. The molecule has 0 radical (unpaired) electrons. The van der Waals surface area contributed by atoms with E-state index >= 15 is 0 Å². The smallest absolute Gasteiger partial charge is 0.255 e. The molecule has 0 atom stereocenters. The molecule has 1 aromatic heterocycles. The molecule has 5 heteroatoms. The molecule has 3 N–H and O–H groups in total. The summed E-state index contributed by atoms with van der Waals surface area (Å²) in [6, 6.07) is 1.59. The van der Waals surface area contributed by atoms with Crippen molar-refractivity contribution in [2.45, 2.75) is 0 Å². The number of halogens is 1. The Balaban J connectivity index is 2.59. The first-order valence-corrected chi connectivity index (χ1v) is 4.26. The number of hydrogen-bond donors (Lipinski definition) is 2. The summed E-state index contributed by atoms with van der Waals surface area (Å²) in [4.78, 5) is 11.2. The Labute approximate surface area is 78.2 Å². The number of amides is 1. The molecule has 1 rings (SSSR count). The maximum Gasteiger partial charge on any atom is 0.255 e. The molecule has 1 amide bonds. The maximum absolute atomic E-state index is 11.2. The molecule has 0 unspecified atom stereocenters. The third-order valence-corrected chi connectivity index (χ3v) is 1.91. The van der Waals surface area contributed by atoms with E-state index in [1.54, 1.807) is 6.07 Å². The third kappa shape index (κ3) is 2.09. The summed E-state index contributed by atoms with van der Waals surface area (Å²) in [5.74, 6) is -0.180. The SMILES string of the molecule is NCCNC(=O)c1ccoc1Br. The molecule has 0 saturated heterocycles. The van der Waals surface area contributed by atoms with Gasteiger partial charge in [-0.25, -0.2) is 0 Å². The summed E-state index contributed by atoms with van der Waals surface area (Å²) in [6.07, 6.45) is 1.45. The maximum atomic E-state index is 11.2. The highest BCUT2D eigenvalue weighted by atomic mass is 79.9. The lowest BCUT2D eigenvalue weighted by atomic mass is 10.3. The van der Waals surface area contributed by atoms with Gasteiger partial charge in [0.1, 0.15) is 0 Å². The largest absolute Gasteiger partial charge is 0.457 e. The Bertz CT molecular complexity index is 272. The Kier molecular flexibility index (Phi) is 3.31. The van der Waals surface area contributed by atoms with E-state index in [9.17, 15) is 4.79 Å². The summed E-state index contributed by atoms with van der Waals surface area (Å²) in [5, 5.41) is 2.62. The Morgan fingerprint density at radius 3 is 3.00 bits per heavy atom. The van der Waals surface area contributed by atoms with Gasteiger partial charge in [0.15, 0.2) is 4.67 Å². The topological polar surface area (TPSA) is 68.3 Å². The lowest BCUT2D eigenvalue weighted by Gasteiger charge is -1.99. The van der Waals surface area contributed by atoms with Gasteiger partial charge in [0.2, 0.25) is 0 Å². The van der Waals surface area contributed by atoms with Crippen LogP contribution < -0.4 is 11.1 Å². The van der Waals surface area contributed by atoms with Gasteiger partial charge in [-0.3, -0.25) is 4.79 Å². The molecule has 12 heavy (non-hydrogen) atoms. The van der Waals surface area contributed by atoms with Crippen LogP contribution in [-0.2, 0) is 0 Å². The second kappa shape index (κ2) is 4.27. The first kappa shape index (κ1) is 9.28. The molecule has 0 aliphatic rings. The molecule has 0 saturated carbocycles. The molecule has 0 aromatic carbocycles. The van der Waals surface area contributed by atoms with E-state index in [2.05, 4.69) is 21.2 Å². The molecule has 1 heterocycles. The zero-order valence-corrected chi connectivity index (χ0v) is 7.93. The molecular weight excluding hydrogens is 224 g/mol. The zero-order valence-electron chi connectivity index (χ0n) is 6.34. The lowest BCUT2D eigenvalue weighted by Crippen LogP contribution is -2.28. The second-order valence-electron chi connectivity index (χ2n) is 2.15. The van der Waals surface area contributed by atoms with Crippen molar-refractivity contribution < 1.29 is 9.21 Å². The van der Waals surface area contributed by atoms with Crippen LogP contribution in [0.25, 0.3) is 0 Å². The fraction of sp³-hybridized carbons (Fsp3) is 0.286. The number of carbonyl (C=O) groups is 1. The van der Waals surface area contributed by atoms with Crippen LogP contribution in [0.2, 0.25) is 0 Å². The van der Waals surface area contributed by atoms with Crippen molar-refractivity contribution in [2.24, 2.45) is 5.73 Å². The van der Waals surface area contributed by atoms with Crippen molar-refractivity contribution in [3.05, 3.63) is 22.6 Å². The summed E-state index contributed by atoms with van der Waals surface area (Å²) < 4.78 is 5.33. The van der Waals surface area contributed by atoms with Crippen LogP contribution in [0, 0.1) is 0 Å². The molecular formula is C7H9BrN2O2. The first-order valence-electron chi connectivity index (χ1n) is 3.47. The first-order chi connectivity index (χ1) is 5.75. The van der Waals surface area contributed by atoms with Crippen molar-refractivity contribution in [3.63, 3.8) is 0 Å². The fourth-order valence-corrected chi connectivity index (χ4v) is 1.16. The highest BCUT2D eigenvalue weighted by Gasteiger charge is 2.10. The van der Waals surface area contributed by atoms with E-state index in [1.165, 1.54) is 6.26 Å². The van der Waals surface area contributed by atoms with Crippen LogP contribution in [0.3, 0.4) is 0 Å². The summed E-state index contributed by atoms with van der Waals surface area (Å²) in [7, 11) is 0. The van der Waals surface area contributed by atoms with Gasteiger partial charge in [0, 0.05) is 13.1 Å². The van der Waals surface area contributed by atoms with Gasteiger partial charge in [-0.05, 0) is 22.0 Å². The van der Waals surface area contributed by atoms with Crippen LogP contribution in [0.1, 0.15) is 10.4 Å². The average Bonchev–Trinajstić information content (AvgIpc) is 2.47. The number of hydrogen-bond acceptors (Lipinski definition) is 3. The summed E-state index contributed by atoms with van der Waals surface area (Å²) in [5.41, 5.74) is 5.71. The second-order valence-corrected chi connectivity index (χ2v) is 2.87. The highest BCUT2D eigenvalue weighted by Crippen LogP contribution is 2.16. The minimum atomic E-state index is -0.180. The minimum absolute atomic E-state index is 0.180. The zero-order chi connectivity index (χ0) is 8.97. The Hall–Kier alpha value is -0.810. The lowest BCUT2D eigenvalue weighted by molar-refractivity contribution is 0.0953. The number of furan rings is 1. The predicted octanol–water partition coefficient (Wildman–Crippen LogP) is 0.731. The van der Waals surface area contributed by atoms with E-state index < -0.39 is 0 Å². The quantitative estimate of drug-likeness (QED) is 0.808. The van der Waals surface area contributed by atoms with Crippen LogP contribution in [0.4, 0.5) is 0 Å². The van der Waals surface area contributed by atoms with Crippen molar-refractivity contribution in [3.8, 4) is 0 Å².